The summed E-state index contributed by atoms with van der Waals surface area (Å²) in [7, 11) is -1.19. The highest BCUT2D eigenvalue weighted by molar-refractivity contribution is 6.43. The largest absolute Gasteiger partial charge is 0.393 e. The van der Waals surface area contributed by atoms with Crippen molar-refractivity contribution >= 4 is 20.9 Å². The predicted octanol–water partition coefficient (Wildman–Crippen LogP) is 3.07. The number of alkyl halides is 1. The fourth-order valence-corrected chi connectivity index (χ4v) is 3.33. The minimum atomic E-state index is -1.19. The van der Waals surface area contributed by atoms with Gasteiger partial charge in [0.2, 0.25) is 0 Å². The molecule has 0 aliphatic rings. The van der Waals surface area contributed by atoms with Crippen LogP contribution in [-0.4, -0.2) is 22.5 Å². The molecule has 0 amide bonds. The van der Waals surface area contributed by atoms with Gasteiger partial charge in [-0.25, -0.2) is 0 Å². The monoisotopic (exact) mass is 257 g/mol. The maximum absolute atomic E-state index is 5.90. The quantitative estimate of drug-likeness (QED) is 0.552. The van der Waals surface area contributed by atoms with Crippen LogP contribution in [0.25, 0.3) is 0 Å². The Kier molecular flexibility index (Phi) is 6.72. The molecule has 0 spiro atoms. The molecular weight excluding hydrogens is 240 g/mol. The second-order valence-electron chi connectivity index (χ2n) is 3.32. The predicted molar refractivity (Wildman–Crippen MR) is 68.7 cm³/mol. The van der Waals surface area contributed by atoms with Crippen LogP contribution < -0.4 is 0 Å². The van der Waals surface area contributed by atoms with Gasteiger partial charge in [-0.2, -0.15) is 0 Å². The normalized spacial score (nSPS) is 11.0. The first kappa shape index (κ1) is 13.7. The Morgan fingerprint density at radius 2 is 1.62 bits per heavy atom. The van der Waals surface area contributed by atoms with Gasteiger partial charge >= 0.3 is 9.28 Å². The molecule has 0 aliphatic carbocycles. The van der Waals surface area contributed by atoms with Crippen LogP contribution in [0.3, 0.4) is 0 Å². The zero-order valence-corrected chi connectivity index (χ0v) is 11.6. The van der Waals surface area contributed by atoms with Crippen LogP contribution in [0.5, 0.6) is 0 Å². The maximum Gasteiger partial charge on any atom is 0.389 e. The average Bonchev–Trinajstić information content (AvgIpc) is 2.30. The molecule has 0 fully saturated rings. The van der Waals surface area contributed by atoms with Crippen molar-refractivity contribution < 1.29 is 8.85 Å². The molecule has 0 unspecified atom stereocenters. The molecule has 16 heavy (non-hydrogen) atoms. The first-order chi connectivity index (χ1) is 7.81. The van der Waals surface area contributed by atoms with Crippen LogP contribution in [0.1, 0.15) is 25.0 Å². The van der Waals surface area contributed by atoms with Gasteiger partial charge in [-0.05, 0) is 25.0 Å². The minimum absolute atomic E-state index is 0.545. The van der Waals surface area contributed by atoms with Crippen LogP contribution in [0.15, 0.2) is 24.3 Å². The zero-order valence-electron chi connectivity index (χ0n) is 9.83. The second kappa shape index (κ2) is 7.85. The summed E-state index contributed by atoms with van der Waals surface area (Å²) < 4.78 is 11.2. The lowest BCUT2D eigenvalue weighted by atomic mass is 10.1. The van der Waals surface area contributed by atoms with Crippen molar-refractivity contribution in [1.29, 1.82) is 0 Å². The highest BCUT2D eigenvalue weighted by Crippen LogP contribution is 2.14. The number of hydrogen-bond donors (Lipinski definition) is 0. The molecule has 0 atom stereocenters. The molecule has 0 saturated carbocycles. The van der Waals surface area contributed by atoms with Crippen molar-refractivity contribution in [2.75, 3.05) is 13.2 Å². The molecule has 1 aromatic rings. The number of hydrogen-bond acceptors (Lipinski definition) is 2. The van der Waals surface area contributed by atoms with Gasteiger partial charge in [-0.3, -0.25) is 0 Å². The third-order valence-corrected chi connectivity index (χ3v) is 4.39. The van der Waals surface area contributed by atoms with E-state index < -0.39 is 9.28 Å². The molecule has 0 aliphatic heterocycles. The van der Waals surface area contributed by atoms with E-state index in [1.807, 2.05) is 26.0 Å². The van der Waals surface area contributed by atoms with E-state index in [0.29, 0.717) is 19.1 Å². The van der Waals surface area contributed by atoms with E-state index in [1.165, 1.54) is 11.1 Å². The molecule has 89 valence electrons. The second-order valence-corrected chi connectivity index (χ2v) is 5.26. The molecule has 1 aromatic carbocycles. The zero-order chi connectivity index (χ0) is 11.8. The molecule has 0 aromatic heterocycles. The van der Waals surface area contributed by atoms with Crippen molar-refractivity contribution in [2.24, 2.45) is 0 Å². The van der Waals surface area contributed by atoms with E-state index in [-0.39, 0.29) is 0 Å². The Bertz CT molecular complexity index is 301. The molecular formula is C12H18ClO2Si. The average molecular weight is 258 g/mol. The number of rotatable bonds is 7. The SMILES string of the molecule is CCO[Si](Cc1ccccc1CCl)OCC. The van der Waals surface area contributed by atoms with Gasteiger partial charge in [0.05, 0.1) is 0 Å². The Balaban J connectivity index is 2.67. The summed E-state index contributed by atoms with van der Waals surface area (Å²) in [5.74, 6) is 0.545. The molecule has 0 heterocycles. The Morgan fingerprint density at radius 1 is 1.06 bits per heavy atom. The summed E-state index contributed by atoms with van der Waals surface area (Å²) in [5.41, 5.74) is 2.42. The lowest BCUT2D eigenvalue weighted by molar-refractivity contribution is 0.213. The van der Waals surface area contributed by atoms with Crippen molar-refractivity contribution in [3.63, 3.8) is 0 Å². The van der Waals surface area contributed by atoms with Gasteiger partial charge in [0, 0.05) is 25.1 Å². The standard InChI is InChI=1S/C12H18ClO2Si/c1-3-14-16(15-4-2)10-12-8-6-5-7-11(12)9-13/h5-8H,3-4,9-10H2,1-2H3. The summed E-state index contributed by atoms with van der Waals surface area (Å²) in [4.78, 5) is 0. The Morgan fingerprint density at radius 3 is 2.12 bits per heavy atom. The van der Waals surface area contributed by atoms with Gasteiger partial charge in [0.1, 0.15) is 0 Å². The van der Waals surface area contributed by atoms with Crippen LogP contribution in [0.4, 0.5) is 0 Å². The van der Waals surface area contributed by atoms with Crippen LogP contribution in [0.2, 0.25) is 0 Å². The van der Waals surface area contributed by atoms with Crippen LogP contribution >= 0.6 is 11.6 Å². The summed E-state index contributed by atoms with van der Waals surface area (Å²) in [5, 5.41) is 0. The summed E-state index contributed by atoms with van der Waals surface area (Å²) in [6.45, 7) is 5.41. The summed E-state index contributed by atoms with van der Waals surface area (Å²) in [6, 6.07) is 9.05. The Hall–Kier alpha value is -0.353. The fourth-order valence-electron chi connectivity index (χ4n) is 1.48. The molecule has 0 N–H and O–H groups in total. The van der Waals surface area contributed by atoms with E-state index >= 15 is 0 Å². The summed E-state index contributed by atoms with van der Waals surface area (Å²) >= 11 is 5.90. The third kappa shape index (κ3) is 4.26. The van der Waals surface area contributed by atoms with Gasteiger partial charge < -0.3 is 8.85 Å². The lowest BCUT2D eigenvalue weighted by Crippen LogP contribution is -2.26. The van der Waals surface area contributed by atoms with Crippen LogP contribution in [0, 0.1) is 0 Å². The van der Waals surface area contributed by atoms with Crippen LogP contribution in [-0.2, 0) is 20.8 Å². The third-order valence-electron chi connectivity index (χ3n) is 2.21. The molecule has 2 nitrogen and oxygen atoms in total. The molecule has 1 radical (unpaired) electrons. The minimum Gasteiger partial charge on any atom is -0.393 e. The van der Waals surface area contributed by atoms with E-state index in [2.05, 4.69) is 12.1 Å². The van der Waals surface area contributed by atoms with Crippen molar-refractivity contribution in [3.8, 4) is 0 Å². The van der Waals surface area contributed by atoms with Crippen molar-refractivity contribution in [1.82, 2.24) is 0 Å². The molecule has 4 heteroatoms. The van der Waals surface area contributed by atoms with E-state index in [0.717, 1.165) is 6.04 Å². The highest BCUT2D eigenvalue weighted by atomic mass is 35.5. The van der Waals surface area contributed by atoms with Gasteiger partial charge in [-0.15, -0.1) is 11.6 Å². The van der Waals surface area contributed by atoms with E-state index in [1.54, 1.807) is 0 Å². The number of halogens is 1. The van der Waals surface area contributed by atoms with Crippen molar-refractivity contribution in [3.05, 3.63) is 35.4 Å². The highest BCUT2D eigenvalue weighted by Gasteiger charge is 2.16. The first-order valence-corrected chi connectivity index (χ1v) is 7.61. The number of benzene rings is 1. The lowest BCUT2D eigenvalue weighted by Gasteiger charge is -2.14. The van der Waals surface area contributed by atoms with E-state index in [4.69, 9.17) is 20.5 Å². The molecule has 1 rings (SSSR count). The van der Waals surface area contributed by atoms with Crippen molar-refractivity contribution in [2.45, 2.75) is 25.8 Å². The maximum atomic E-state index is 5.90. The first-order valence-electron chi connectivity index (χ1n) is 5.56. The van der Waals surface area contributed by atoms with E-state index in [9.17, 15) is 0 Å². The van der Waals surface area contributed by atoms with Gasteiger partial charge in [0.25, 0.3) is 0 Å². The van der Waals surface area contributed by atoms with Gasteiger partial charge in [-0.1, -0.05) is 24.3 Å². The van der Waals surface area contributed by atoms with Gasteiger partial charge in [0.15, 0.2) is 0 Å². The molecule has 0 bridgehead atoms. The topological polar surface area (TPSA) is 18.5 Å². The Labute approximate surface area is 104 Å². The fraction of sp³-hybridized carbons (Fsp3) is 0.500. The summed E-state index contributed by atoms with van der Waals surface area (Å²) in [6.07, 6.45) is 0. The molecule has 0 saturated heterocycles. The smallest absolute Gasteiger partial charge is 0.389 e.